The number of aryl methyl sites for hydroxylation is 1. The molecule has 226 valence electrons. The van der Waals surface area contributed by atoms with Crippen molar-refractivity contribution in [1.82, 2.24) is 4.90 Å². The van der Waals surface area contributed by atoms with Crippen molar-refractivity contribution < 1.29 is 23.9 Å². The molecule has 1 aliphatic rings. The lowest BCUT2D eigenvalue weighted by Crippen LogP contribution is -2.41. The van der Waals surface area contributed by atoms with Gasteiger partial charge in [-0.2, -0.15) is 0 Å². The van der Waals surface area contributed by atoms with E-state index in [0.717, 1.165) is 34.0 Å². The number of benzene rings is 4. The molecular weight excluding hydrogens is 622 g/mol. The van der Waals surface area contributed by atoms with E-state index in [2.05, 4.69) is 38.7 Å². The molecule has 4 aromatic rings. The van der Waals surface area contributed by atoms with E-state index in [1.54, 1.807) is 24.3 Å². The third-order valence-electron chi connectivity index (χ3n) is 7.71. The highest BCUT2D eigenvalue weighted by Gasteiger charge is 2.38. The minimum Gasteiger partial charge on any atom is -0.491 e. The van der Waals surface area contributed by atoms with Crippen molar-refractivity contribution in [3.8, 4) is 5.75 Å². The molecule has 3 amide bonds. The largest absolute Gasteiger partial charge is 0.491 e. The SMILES string of the molecule is COC(=O)c1ccc(OCC2CCC(c3ccccc3)N2C(=O)Cc2ccc(NC(=O)Nc3ccccc3Br)c(C)c2)cc1. The van der Waals surface area contributed by atoms with Gasteiger partial charge in [0.2, 0.25) is 5.91 Å². The number of methoxy groups -OCH3 is 1. The molecule has 9 heteroatoms. The first-order chi connectivity index (χ1) is 21.3. The molecule has 2 atom stereocenters. The van der Waals surface area contributed by atoms with E-state index in [1.807, 2.05) is 72.5 Å². The van der Waals surface area contributed by atoms with Gasteiger partial charge in [-0.3, -0.25) is 4.79 Å². The van der Waals surface area contributed by atoms with Crippen molar-refractivity contribution in [3.63, 3.8) is 0 Å². The van der Waals surface area contributed by atoms with Crippen molar-refractivity contribution in [2.75, 3.05) is 24.4 Å². The number of para-hydroxylation sites is 1. The zero-order chi connectivity index (χ0) is 31.1. The number of urea groups is 1. The molecule has 8 nitrogen and oxygen atoms in total. The van der Waals surface area contributed by atoms with Crippen LogP contribution in [0.4, 0.5) is 16.2 Å². The highest BCUT2D eigenvalue weighted by Crippen LogP contribution is 2.37. The van der Waals surface area contributed by atoms with Gasteiger partial charge in [-0.15, -0.1) is 0 Å². The van der Waals surface area contributed by atoms with Gasteiger partial charge in [0.15, 0.2) is 0 Å². The van der Waals surface area contributed by atoms with Crippen LogP contribution < -0.4 is 15.4 Å². The molecule has 2 unspecified atom stereocenters. The Kier molecular flexibility index (Phi) is 9.96. The normalized spacial score (nSPS) is 15.8. The molecule has 0 bridgehead atoms. The Morgan fingerprint density at radius 3 is 2.27 bits per heavy atom. The smallest absolute Gasteiger partial charge is 0.337 e. The highest BCUT2D eigenvalue weighted by atomic mass is 79.9. The first kappa shape index (κ1) is 30.8. The molecule has 1 aliphatic heterocycles. The first-order valence-corrected chi connectivity index (χ1v) is 15.2. The van der Waals surface area contributed by atoms with Crippen LogP contribution in [0.25, 0.3) is 0 Å². The molecule has 1 fully saturated rings. The maximum atomic E-state index is 13.9. The Hall–Kier alpha value is -4.63. The van der Waals surface area contributed by atoms with Crippen LogP contribution in [0.15, 0.2) is 102 Å². The number of halogens is 1. The van der Waals surface area contributed by atoms with Crippen LogP contribution in [0.1, 0.15) is 45.9 Å². The zero-order valence-corrected chi connectivity index (χ0v) is 26.2. The number of hydrogen-bond acceptors (Lipinski definition) is 5. The van der Waals surface area contributed by atoms with E-state index in [-0.39, 0.29) is 30.4 Å². The molecule has 1 saturated heterocycles. The maximum Gasteiger partial charge on any atom is 0.337 e. The van der Waals surface area contributed by atoms with Gasteiger partial charge >= 0.3 is 12.0 Å². The van der Waals surface area contributed by atoms with Crippen LogP contribution >= 0.6 is 15.9 Å². The molecule has 4 aromatic carbocycles. The Morgan fingerprint density at radius 2 is 1.57 bits per heavy atom. The summed E-state index contributed by atoms with van der Waals surface area (Å²) in [6, 6.07) is 29.4. The number of nitrogens with one attached hydrogen (secondary N) is 2. The summed E-state index contributed by atoms with van der Waals surface area (Å²) in [5.41, 5.74) is 4.59. The second kappa shape index (κ2) is 14.2. The number of carbonyl (C=O) groups excluding carboxylic acids is 3. The number of anilines is 2. The van der Waals surface area contributed by atoms with Crippen LogP contribution in [0.5, 0.6) is 5.75 Å². The summed E-state index contributed by atoms with van der Waals surface area (Å²) in [5, 5.41) is 5.73. The van der Waals surface area contributed by atoms with Gasteiger partial charge in [-0.25, -0.2) is 9.59 Å². The molecule has 0 aromatic heterocycles. The van der Waals surface area contributed by atoms with Crippen LogP contribution in [0, 0.1) is 6.92 Å². The van der Waals surface area contributed by atoms with Gasteiger partial charge < -0.3 is 25.0 Å². The molecule has 2 N–H and O–H groups in total. The molecule has 0 aliphatic carbocycles. The third kappa shape index (κ3) is 7.47. The number of likely N-dealkylation sites (tertiary alicyclic amines) is 1. The topological polar surface area (TPSA) is 97.0 Å². The lowest BCUT2D eigenvalue weighted by atomic mass is 10.0. The lowest BCUT2D eigenvalue weighted by Gasteiger charge is -2.31. The number of ether oxygens (including phenoxy) is 2. The minimum atomic E-state index is -0.405. The van der Waals surface area contributed by atoms with Crippen molar-refractivity contribution in [1.29, 1.82) is 0 Å². The Morgan fingerprint density at radius 1 is 0.864 bits per heavy atom. The van der Waals surface area contributed by atoms with Gasteiger partial charge in [0.25, 0.3) is 0 Å². The van der Waals surface area contributed by atoms with Gasteiger partial charge in [0, 0.05) is 10.2 Å². The van der Waals surface area contributed by atoms with E-state index in [4.69, 9.17) is 9.47 Å². The Bertz CT molecular complexity index is 1630. The minimum absolute atomic E-state index is 0.0118. The number of rotatable bonds is 9. The number of carbonyl (C=O) groups is 3. The van der Waals surface area contributed by atoms with Gasteiger partial charge in [0.05, 0.1) is 36.9 Å². The summed E-state index contributed by atoms with van der Waals surface area (Å²) in [6.45, 7) is 2.24. The second-order valence-electron chi connectivity index (χ2n) is 10.7. The first-order valence-electron chi connectivity index (χ1n) is 14.4. The molecule has 1 heterocycles. The van der Waals surface area contributed by atoms with Gasteiger partial charge in [-0.05, 0) is 94.9 Å². The average Bonchev–Trinajstić information content (AvgIpc) is 3.47. The summed E-state index contributed by atoms with van der Waals surface area (Å²) in [6.07, 6.45) is 1.86. The van der Waals surface area contributed by atoms with Gasteiger partial charge in [0.1, 0.15) is 12.4 Å². The third-order valence-corrected chi connectivity index (χ3v) is 8.40. The summed E-state index contributed by atoms with van der Waals surface area (Å²) in [4.78, 5) is 40.3. The fourth-order valence-electron chi connectivity index (χ4n) is 5.50. The summed E-state index contributed by atoms with van der Waals surface area (Å²) in [7, 11) is 1.35. The number of amides is 3. The fourth-order valence-corrected chi connectivity index (χ4v) is 5.89. The fraction of sp³-hybridized carbons (Fsp3) is 0.229. The van der Waals surface area contributed by atoms with Gasteiger partial charge in [-0.1, -0.05) is 54.6 Å². The Labute approximate surface area is 265 Å². The number of hydrogen-bond donors (Lipinski definition) is 2. The number of nitrogens with zero attached hydrogens (tertiary/aromatic N) is 1. The molecule has 0 spiro atoms. The summed E-state index contributed by atoms with van der Waals surface area (Å²) >= 11 is 3.44. The van der Waals surface area contributed by atoms with Crippen LogP contribution in [0.3, 0.4) is 0 Å². The Balaban J connectivity index is 1.27. The molecule has 5 rings (SSSR count). The quantitative estimate of drug-likeness (QED) is 0.182. The number of esters is 1. The zero-order valence-electron chi connectivity index (χ0n) is 24.6. The van der Waals surface area contributed by atoms with E-state index >= 15 is 0 Å². The molecule has 0 radical (unpaired) electrons. The molecule has 44 heavy (non-hydrogen) atoms. The highest BCUT2D eigenvalue weighted by molar-refractivity contribution is 9.10. The maximum absolute atomic E-state index is 13.9. The summed E-state index contributed by atoms with van der Waals surface area (Å²) in [5.74, 6) is 0.228. The monoisotopic (exact) mass is 655 g/mol. The molecule has 0 saturated carbocycles. The van der Waals surface area contributed by atoms with Crippen LogP contribution in [0.2, 0.25) is 0 Å². The van der Waals surface area contributed by atoms with Crippen molar-refractivity contribution in [2.45, 2.75) is 38.3 Å². The predicted molar refractivity (Wildman–Crippen MR) is 174 cm³/mol. The second-order valence-corrected chi connectivity index (χ2v) is 11.5. The van der Waals surface area contributed by atoms with Crippen molar-refractivity contribution in [2.24, 2.45) is 0 Å². The van der Waals surface area contributed by atoms with Crippen molar-refractivity contribution >= 4 is 45.2 Å². The van der Waals surface area contributed by atoms with Crippen LogP contribution in [-0.2, 0) is 16.0 Å². The van der Waals surface area contributed by atoms with Crippen LogP contribution in [-0.4, -0.2) is 42.6 Å². The van der Waals surface area contributed by atoms with E-state index in [1.165, 1.54) is 7.11 Å². The average molecular weight is 657 g/mol. The molecular formula is C35H34BrN3O5. The lowest BCUT2D eigenvalue weighted by molar-refractivity contribution is -0.134. The predicted octanol–water partition coefficient (Wildman–Crippen LogP) is 7.54. The van der Waals surface area contributed by atoms with Crippen molar-refractivity contribution in [3.05, 3.63) is 124 Å². The van der Waals surface area contributed by atoms with E-state index < -0.39 is 5.97 Å². The standard InChI is InChI=1S/C35H34BrN3O5/c1-23-20-24(12-18-30(23)37-35(42)38-31-11-7-6-10-29(31)36)21-33(40)39-27(15-19-32(39)25-8-4-3-5-9-25)22-44-28-16-13-26(14-17-28)34(41)43-2/h3-14,16-18,20,27,32H,15,19,21-22H2,1-2H3,(H2,37,38,42). The van der Waals surface area contributed by atoms with E-state index in [0.29, 0.717) is 29.3 Å². The van der Waals surface area contributed by atoms with E-state index in [9.17, 15) is 14.4 Å². The summed E-state index contributed by atoms with van der Waals surface area (Å²) < 4.78 is 11.7.